The Hall–Kier alpha value is -3.27. The maximum absolute atomic E-state index is 14.4. The molecule has 4 rings (SSSR count). The fourth-order valence-corrected chi connectivity index (χ4v) is 3.69. The monoisotopic (exact) mass is 416 g/mol. The van der Waals surface area contributed by atoms with Gasteiger partial charge in [0.05, 0.1) is 12.2 Å². The van der Waals surface area contributed by atoms with E-state index in [0.717, 1.165) is 18.6 Å². The lowest BCUT2D eigenvalue weighted by Crippen LogP contribution is -2.30. The molecule has 30 heavy (non-hydrogen) atoms. The molecule has 158 valence electrons. The number of carbonyl (C=O) groups excluding carboxylic acids is 1. The Morgan fingerprint density at radius 2 is 2.17 bits per heavy atom. The summed E-state index contributed by atoms with van der Waals surface area (Å²) in [7, 11) is 0. The molecule has 1 aromatic carbocycles. The summed E-state index contributed by atoms with van der Waals surface area (Å²) in [6.07, 6.45) is 5.17. The summed E-state index contributed by atoms with van der Waals surface area (Å²) in [5, 5.41) is 18.3. The van der Waals surface area contributed by atoms with Gasteiger partial charge in [0.2, 0.25) is 0 Å². The molecule has 1 saturated heterocycles. The van der Waals surface area contributed by atoms with Crippen molar-refractivity contribution in [1.29, 1.82) is 0 Å². The first kappa shape index (κ1) is 20.0. The van der Waals surface area contributed by atoms with Crippen LogP contribution in [-0.2, 0) is 0 Å². The van der Waals surface area contributed by atoms with Crippen LogP contribution in [0.3, 0.4) is 0 Å². The number of amides is 2. The topological polar surface area (TPSA) is 94.8 Å². The first-order valence-corrected chi connectivity index (χ1v) is 9.78. The molecule has 8 nitrogen and oxygen atoms in total. The van der Waals surface area contributed by atoms with Crippen molar-refractivity contribution < 1.29 is 18.7 Å². The van der Waals surface area contributed by atoms with Crippen molar-refractivity contribution in [3.8, 4) is 0 Å². The van der Waals surface area contributed by atoms with Gasteiger partial charge in [-0.05, 0) is 43.5 Å². The summed E-state index contributed by atoms with van der Waals surface area (Å²) in [5.41, 5.74) is 1.17. The molecule has 1 aliphatic heterocycles. The van der Waals surface area contributed by atoms with Crippen LogP contribution in [0.25, 0.3) is 5.65 Å². The van der Waals surface area contributed by atoms with Gasteiger partial charge in [-0.3, -0.25) is 0 Å². The molecule has 1 fully saturated rings. The van der Waals surface area contributed by atoms with E-state index in [1.807, 2.05) is 4.90 Å². The van der Waals surface area contributed by atoms with E-state index >= 15 is 0 Å². The van der Waals surface area contributed by atoms with Gasteiger partial charge in [0.1, 0.15) is 23.1 Å². The van der Waals surface area contributed by atoms with Gasteiger partial charge in [0, 0.05) is 31.5 Å². The SMILES string of the molecule is O=C(NCCCO)Nc1cnn2ccc(N3CCC[C@@H]3c3cc(F)ccc3F)nc12. The van der Waals surface area contributed by atoms with Crippen molar-refractivity contribution in [2.45, 2.75) is 25.3 Å². The molecule has 0 spiro atoms. The van der Waals surface area contributed by atoms with Gasteiger partial charge in [0.15, 0.2) is 5.65 Å². The zero-order valence-electron chi connectivity index (χ0n) is 16.2. The minimum Gasteiger partial charge on any atom is -0.396 e. The van der Waals surface area contributed by atoms with Gasteiger partial charge in [0.25, 0.3) is 0 Å². The Kier molecular flexibility index (Phi) is 5.75. The smallest absolute Gasteiger partial charge is 0.319 e. The van der Waals surface area contributed by atoms with Crippen LogP contribution >= 0.6 is 0 Å². The first-order valence-electron chi connectivity index (χ1n) is 9.78. The predicted octanol–water partition coefficient (Wildman–Crippen LogP) is 2.85. The molecular formula is C20H22F2N6O2. The van der Waals surface area contributed by atoms with Crippen molar-refractivity contribution in [1.82, 2.24) is 19.9 Å². The molecule has 0 aliphatic carbocycles. The Balaban J connectivity index is 1.59. The van der Waals surface area contributed by atoms with E-state index in [9.17, 15) is 13.6 Å². The van der Waals surface area contributed by atoms with Crippen molar-refractivity contribution in [3.05, 3.63) is 53.9 Å². The molecule has 3 N–H and O–H groups in total. The van der Waals surface area contributed by atoms with Crippen molar-refractivity contribution in [2.24, 2.45) is 0 Å². The number of aromatic nitrogens is 3. The van der Waals surface area contributed by atoms with E-state index < -0.39 is 17.7 Å². The molecule has 10 heteroatoms. The number of urea groups is 1. The van der Waals surface area contributed by atoms with E-state index in [1.54, 1.807) is 12.3 Å². The Morgan fingerprint density at radius 1 is 1.30 bits per heavy atom. The second kappa shape index (κ2) is 8.62. The molecular weight excluding hydrogens is 394 g/mol. The minimum absolute atomic E-state index is 0.00911. The lowest BCUT2D eigenvalue weighted by molar-refractivity contribution is 0.249. The highest BCUT2D eigenvalue weighted by Crippen LogP contribution is 2.37. The molecule has 1 aliphatic rings. The summed E-state index contributed by atoms with van der Waals surface area (Å²) in [4.78, 5) is 18.6. The lowest BCUT2D eigenvalue weighted by atomic mass is 10.0. The zero-order chi connectivity index (χ0) is 21.1. The van der Waals surface area contributed by atoms with Crippen LogP contribution in [0.5, 0.6) is 0 Å². The third-order valence-electron chi connectivity index (χ3n) is 5.09. The van der Waals surface area contributed by atoms with E-state index in [-0.39, 0.29) is 12.6 Å². The molecule has 2 aromatic heterocycles. The number of benzene rings is 1. The number of nitrogens with one attached hydrogen (secondary N) is 2. The van der Waals surface area contributed by atoms with E-state index in [2.05, 4.69) is 20.7 Å². The van der Waals surface area contributed by atoms with E-state index in [1.165, 1.54) is 16.8 Å². The van der Waals surface area contributed by atoms with Crippen LogP contribution in [0.4, 0.5) is 25.1 Å². The molecule has 0 saturated carbocycles. The second-order valence-corrected chi connectivity index (χ2v) is 7.09. The molecule has 3 heterocycles. The average Bonchev–Trinajstić information content (AvgIpc) is 3.37. The maximum atomic E-state index is 14.4. The number of hydrogen-bond acceptors (Lipinski definition) is 5. The van der Waals surface area contributed by atoms with Gasteiger partial charge in [-0.25, -0.2) is 23.1 Å². The lowest BCUT2D eigenvalue weighted by Gasteiger charge is -2.26. The highest BCUT2D eigenvalue weighted by atomic mass is 19.1. The van der Waals surface area contributed by atoms with Crippen LogP contribution in [0.1, 0.15) is 30.9 Å². The fraction of sp³-hybridized carbons (Fsp3) is 0.350. The van der Waals surface area contributed by atoms with Gasteiger partial charge in [-0.2, -0.15) is 5.10 Å². The van der Waals surface area contributed by atoms with Crippen LogP contribution in [-0.4, -0.2) is 45.4 Å². The number of fused-ring (bicyclic) bond motifs is 1. The van der Waals surface area contributed by atoms with Crippen molar-refractivity contribution >= 4 is 23.2 Å². The fourth-order valence-electron chi connectivity index (χ4n) is 3.69. The summed E-state index contributed by atoms with van der Waals surface area (Å²) in [6.45, 7) is 0.988. The summed E-state index contributed by atoms with van der Waals surface area (Å²) in [5.74, 6) is -0.324. The number of anilines is 2. The third kappa shape index (κ3) is 4.04. The van der Waals surface area contributed by atoms with Gasteiger partial charge < -0.3 is 20.6 Å². The number of aliphatic hydroxyl groups is 1. The number of aliphatic hydroxyl groups excluding tert-OH is 1. The minimum atomic E-state index is -0.476. The Labute approximate surface area is 171 Å². The third-order valence-corrected chi connectivity index (χ3v) is 5.09. The van der Waals surface area contributed by atoms with Gasteiger partial charge >= 0.3 is 6.03 Å². The largest absolute Gasteiger partial charge is 0.396 e. The average molecular weight is 416 g/mol. The van der Waals surface area contributed by atoms with Crippen molar-refractivity contribution in [2.75, 3.05) is 29.9 Å². The second-order valence-electron chi connectivity index (χ2n) is 7.09. The first-order chi connectivity index (χ1) is 14.6. The predicted molar refractivity (Wildman–Crippen MR) is 107 cm³/mol. The number of nitrogens with zero attached hydrogens (tertiary/aromatic N) is 4. The summed E-state index contributed by atoms with van der Waals surface area (Å²) >= 11 is 0. The molecule has 0 bridgehead atoms. The molecule has 1 atom stereocenters. The Bertz CT molecular complexity index is 1060. The maximum Gasteiger partial charge on any atom is 0.319 e. The molecule has 3 aromatic rings. The highest BCUT2D eigenvalue weighted by molar-refractivity contribution is 5.93. The number of halogens is 2. The van der Waals surface area contributed by atoms with Crippen LogP contribution in [0, 0.1) is 11.6 Å². The number of hydrogen-bond donors (Lipinski definition) is 3. The van der Waals surface area contributed by atoms with Crippen LogP contribution in [0.2, 0.25) is 0 Å². The van der Waals surface area contributed by atoms with Gasteiger partial charge in [-0.15, -0.1) is 0 Å². The van der Waals surface area contributed by atoms with Crippen LogP contribution < -0.4 is 15.5 Å². The number of rotatable bonds is 6. The van der Waals surface area contributed by atoms with E-state index in [0.29, 0.717) is 48.6 Å². The Morgan fingerprint density at radius 3 is 3.00 bits per heavy atom. The highest BCUT2D eigenvalue weighted by Gasteiger charge is 2.30. The standard InChI is InChI=1S/C20H22F2N6O2/c21-13-4-5-15(22)14(11-13)17-3-1-8-27(17)18-6-9-28-19(26-18)16(12-24-28)25-20(30)23-7-2-10-29/h4-6,9,11-12,17,29H,1-3,7-8,10H2,(H2,23,25,30)/t17-/m1/s1. The molecule has 0 unspecified atom stereocenters. The summed E-state index contributed by atoms with van der Waals surface area (Å²) in [6, 6.07) is 4.51. The normalized spacial score (nSPS) is 16.2. The zero-order valence-corrected chi connectivity index (χ0v) is 16.2. The van der Waals surface area contributed by atoms with Crippen molar-refractivity contribution in [3.63, 3.8) is 0 Å². The molecule has 2 amide bonds. The van der Waals surface area contributed by atoms with Gasteiger partial charge in [-0.1, -0.05) is 0 Å². The molecule has 0 radical (unpaired) electrons. The van der Waals surface area contributed by atoms with E-state index in [4.69, 9.17) is 5.11 Å². The number of carbonyl (C=O) groups is 1. The summed E-state index contributed by atoms with van der Waals surface area (Å²) < 4.78 is 29.6. The van der Waals surface area contributed by atoms with Crippen LogP contribution in [0.15, 0.2) is 36.7 Å². The quantitative estimate of drug-likeness (QED) is 0.537.